The second kappa shape index (κ2) is 11.3. The molecule has 0 heterocycles. The van der Waals surface area contributed by atoms with Crippen LogP contribution >= 0.6 is 0 Å². The molecule has 0 bridgehead atoms. The van der Waals surface area contributed by atoms with Gasteiger partial charge in [-0.15, -0.1) is 0 Å². The number of aryl methyl sites for hydroxylation is 1. The molecule has 1 rings (SSSR count). The molecule has 146 valence electrons. The molecule has 14 nitrogen and oxygen atoms in total. The van der Waals surface area contributed by atoms with Gasteiger partial charge in [-0.3, -0.25) is 13.7 Å². The molecule has 0 radical (unpaired) electrons. The minimum Gasteiger partial charge on any atom is -0.344 e. The highest BCUT2D eigenvalue weighted by Crippen LogP contribution is 2.08. The van der Waals surface area contributed by atoms with Crippen LogP contribution in [0.15, 0.2) is 29.2 Å². The van der Waals surface area contributed by atoms with E-state index in [1.54, 1.807) is 12.1 Å². The average molecular weight is 417 g/mol. The first kappa shape index (κ1) is 30.6. The van der Waals surface area contributed by atoms with Crippen LogP contribution < -0.4 is 18.5 Å². The maximum atomic E-state index is 10.5. The van der Waals surface area contributed by atoms with Gasteiger partial charge >= 0.3 is 20.8 Å². The molecule has 1 aromatic rings. The third kappa shape index (κ3) is 17.1. The second-order valence-corrected chi connectivity index (χ2v) is 6.68. The van der Waals surface area contributed by atoms with Gasteiger partial charge in [0.1, 0.15) is 0 Å². The average Bonchev–Trinajstić information content (AvgIpc) is 2.25. The van der Waals surface area contributed by atoms with Gasteiger partial charge in [0, 0.05) is 0 Å². The van der Waals surface area contributed by atoms with Crippen molar-refractivity contribution < 1.29 is 47.6 Å². The number of hydrogen-bond donors (Lipinski definition) is 6. The smallest absolute Gasteiger partial charge is 0.344 e. The van der Waals surface area contributed by atoms with Gasteiger partial charge in [0.2, 0.25) is 0 Å². The Balaban J connectivity index is -0.000000149. The highest BCUT2D eigenvalue weighted by atomic mass is 32.3. The summed E-state index contributed by atoms with van der Waals surface area (Å²) in [6, 6.07) is 5.99. The Morgan fingerprint density at radius 3 is 1.21 bits per heavy atom. The molecule has 0 saturated heterocycles. The summed E-state index contributed by atoms with van der Waals surface area (Å²) < 4.78 is 88.4. The molecule has 1 aromatic carbocycles. The summed E-state index contributed by atoms with van der Waals surface area (Å²) >= 11 is 0. The fraction of sp³-hybridized carbons (Fsp3) is 0.143. The predicted molar refractivity (Wildman–Crippen MR) is 81.3 cm³/mol. The Morgan fingerprint density at radius 1 is 0.708 bits per heavy atom. The molecule has 0 spiro atoms. The number of rotatable bonds is 4. The quantitative estimate of drug-likeness (QED) is 0.217. The van der Waals surface area contributed by atoms with Gasteiger partial charge in [-0.05, 0) is 19.1 Å². The molecule has 0 saturated carbocycles. The van der Waals surface area contributed by atoms with Crippen molar-refractivity contribution in [3.63, 3.8) is 0 Å². The van der Waals surface area contributed by atoms with Crippen molar-refractivity contribution in [1.29, 1.82) is 0 Å². The maximum absolute atomic E-state index is 10.5. The van der Waals surface area contributed by atoms with E-state index in [1.165, 1.54) is 12.1 Å². The van der Waals surface area contributed by atoms with Gasteiger partial charge in [0.05, 0.1) is 4.90 Å². The van der Waals surface area contributed by atoms with Crippen LogP contribution in [-0.4, -0.2) is 38.9 Å². The Hall–Kier alpha value is -1.25. The lowest BCUT2D eigenvalue weighted by Gasteiger charge is -1.95. The van der Waals surface area contributed by atoms with E-state index in [-0.39, 0.29) is 23.3 Å². The van der Waals surface area contributed by atoms with Crippen molar-refractivity contribution in [2.75, 3.05) is 0 Å². The molecular weight excluding hydrogens is 398 g/mol. The molecular formula is C7H19N3O11S3. The zero-order chi connectivity index (χ0) is 16.9. The van der Waals surface area contributed by atoms with Crippen LogP contribution in [0.5, 0.6) is 0 Å². The van der Waals surface area contributed by atoms with Gasteiger partial charge in [-0.1, -0.05) is 26.4 Å². The highest BCUT2D eigenvalue weighted by Gasteiger charge is 2.13. The third-order valence-corrected chi connectivity index (χ3v) is 2.95. The lowest BCUT2D eigenvalue weighted by Crippen LogP contribution is -2.10. The summed E-state index contributed by atoms with van der Waals surface area (Å²) in [4.78, 5) is -0.0666. The first-order valence-electron chi connectivity index (χ1n) is 4.57. The molecule has 24 heavy (non-hydrogen) atoms. The molecule has 0 aliphatic carbocycles. The van der Waals surface area contributed by atoms with E-state index in [4.69, 9.17) is 13.7 Å². The molecule has 0 amide bonds. The first-order valence-corrected chi connectivity index (χ1v) is 8.74. The highest BCUT2D eigenvalue weighted by molar-refractivity contribution is 7.85. The molecule has 0 aliphatic rings. The van der Waals surface area contributed by atoms with Crippen LogP contribution in [0.4, 0.5) is 0 Å². The largest absolute Gasteiger partial charge is 0.425 e. The summed E-state index contributed by atoms with van der Waals surface area (Å²) in [5.41, 5.74) is 0.956. The summed E-state index contributed by atoms with van der Waals surface area (Å²) in [7, 11) is -14.1. The van der Waals surface area contributed by atoms with Crippen molar-refractivity contribution in [2.24, 2.45) is 0 Å². The SMILES string of the molecule is Cc1ccc(S(=O)(=O)O)cc1.N.N.N.O=S(=O)(O)OOS(=O)(=O)O. The van der Waals surface area contributed by atoms with Crippen molar-refractivity contribution >= 4 is 30.9 Å². The Labute approximate surface area is 139 Å². The standard InChI is InChI=1S/C7H8O3S.3H3N.H2O8S2/c1-6-2-4-7(5-3-6)11(8,9)10;;;;1-9(2,3)7-8-10(4,5)6/h2-5H,1H3,(H,8,9,10);3*1H3;(H,1,2,3)(H,4,5,6). The van der Waals surface area contributed by atoms with E-state index < -0.39 is 30.9 Å². The predicted octanol–water partition coefficient (Wildman–Crippen LogP) is 0.268. The maximum Gasteiger partial charge on any atom is 0.425 e. The van der Waals surface area contributed by atoms with E-state index in [1.807, 2.05) is 6.92 Å². The van der Waals surface area contributed by atoms with Gasteiger partial charge in [0.25, 0.3) is 10.1 Å². The summed E-state index contributed by atoms with van der Waals surface area (Å²) in [5.74, 6) is 0. The molecule has 17 heteroatoms. The summed E-state index contributed by atoms with van der Waals surface area (Å²) in [5, 5.41) is 0. The normalized spacial score (nSPS) is 10.8. The molecule has 0 aliphatic heterocycles. The molecule has 0 aromatic heterocycles. The minimum atomic E-state index is -5.02. The molecule has 0 unspecified atom stereocenters. The van der Waals surface area contributed by atoms with Gasteiger partial charge in [0.15, 0.2) is 0 Å². The first-order chi connectivity index (χ1) is 9.21. The van der Waals surface area contributed by atoms with Crippen LogP contribution in [0.2, 0.25) is 0 Å². The van der Waals surface area contributed by atoms with Gasteiger partial charge in [-0.2, -0.15) is 25.3 Å². The van der Waals surface area contributed by atoms with Crippen LogP contribution in [0.3, 0.4) is 0 Å². The summed E-state index contributed by atoms with van der Waals surface area (Å²) in [6.07, 6.45) is 0. The van der Waals surface area contributed by atoms with Gasteiger partial charge in [-0.25, -0.2) is 0 Å². The Bertz CT molecular complexity index is 739. The van der Waals surface area contributed by atoms with Crippen molar-refractivity contribution in [2.45, 2.75) is 11.8 Å². The second-order valence-electron chi connectivity index (χ2n) is 3.28. The zero-order valence-electron chi connectivity index (χ0n) is 12.3. The monoisotopic (exact) mass is 417 g/mol. The van der Waals surface area contributed by atoms with Crippen LogP contribution in [0.1, 0.15) is 5.56 Å². The lowest BCUT2D eigenvalue weighted by molar-refractivity contribution is -0.105. The lowest BCUT2D eigenvalue weighted by atomic mass is 10.2. The Kier molecular flexibility index (Phi) is 14.5. The summed E-state index contributed by atoms with van der Waals surface area (Å²) in [6.45, 7) is 1.84. The molecule has 12 N–H and O–H groups in total. The third-order valence-electron chi connectivity index (χ3n) is 1.52. The number of hydrogen-bond acceptors (Lipinski definition) is 11. The van der Waals surface area contributed by atoms with E-state index in [0.29, 0.717) is 0 Å². The fourth-order valence-electron chi connectivity index (χ4n) is 0.780. The van der Waals surface area contributed by atoms with Crippen LogP contribution in [0, 0.1) is 6.92 Å². The topological polar surface area (TPSA) is 287 Å². The van der Waals surface area contributed by atoms with Crippen molar-refractivity contribution in [3.8, 4) is 0 Å². The van der Waals surface area contributed by atoms with Crippen LogP contribution in [0.25, 0.3) is 0 Å². The van der Waals surface area contributed by atoms with E-state index >= 15 is 0 Å². The zero-order valence-corrected chi connectivity index (χ0v) is 14.7. The van der Waals surface area contributed by atoms with Gasteiger partial charge < -0.3 is 18.5 Å². The van der Waals surface area contributed by atoms with E-state index in [9.17, 15) is 25.3 Å². The van der Waals surface area contributed by atoms with Crippen molar-refractivity contribution in [3.05, 3.63) is 29.8 Å². The van der Waals surface area contributed by atoms with E-state index in [2.05, 4.69) is 8.67 Å². The van der Waals surface area contributed by atoms with Crippen molar-refractivity contribution in [1.82, 2.24) is 18.5 Å². The minimum absolute atomic E-state index is 0. The number of benzene rings is 1. The Morgan fingerprint density at radius 2 is 1.00 bits per heavy atom. The fourth-order valence-corrected chi connectivity index (χ4v) is 1.82. The molecule has 0 fully saturated rings. The molecule has 0 atom stereocenters. The van der Waals surface area contributed by atoms with Crippen LogP contribution in [-0.2, 0) is 39.6 Å². The van der Waals surface area contributed by atoms with E-state index in [0.717, 1.165) is 5.56 Å².